The number of hydrogen-bond acceptors (Lipinski definition) is 3. The number of halogens is 1. The highest BCUT2D eigenvalue weighted by molar-refractivity contribution is 5.71. The maximum Gasteiger partial charge on any atom is 0.139 e. The third-order valence-corrected chi connectivity index (χ3v) is 2.59. The summed E-state index contributed by atoms with van der Waals surface area (Å²) in [5.41, 5.74) is 6.71. The maximum atomic E-state index is 13.8. The minimum absolute atomic E-state index is 0.0614. The number of phenols is 1. The lowest BCUT2D eigenvalue weighted by atomic mass is 10.0. The molecule has 0 fully saturated rings. The fourth-order valence-corrected chi connectivity index (χ4v) is 1.69. The molecule has 0 saturated carbocycles. The number of benzene rings is 2. The quantitative estimate of drug-likeness (QED) is 0.647. The number of nitrogen functional groups attached to an aromatic ring is 1. The van der Waals surface area contributed by atoms with Gasteiger partial charge in [0.15, 0.2) is 0 Å². The van der Waals surface area contributed by atoms with Gasteiger partial charge in [-0.2, -0.15) is 0 Å². The molecule has 0 bridgehead atoms. The van der Waals surface area contributed by atoms with Gasteiger partial charge < -0.3 is 15.6 Å². The van der Waals surface area contributed by atoms with Crippen LogP contribution in [-0.4, -0.2) is 11.7 Å². The van der Waals surface area contributed by atoms with E-state index < -0.39 is 0 Å². The van der Waals surface area contributed by atoms with E-state index in [1.165, 1.54) is 18.2 Å². The number of anilines is 1. The van der Waals surface area contributed by atoms with E-state index in [1.54, 1.807) is 18.2 Å². The van der Waals surface area contributed by atoms with Crippen molar-refractivity contribution in [1.29, 1.82) is 0 Å². The molecular formula is C14H14FNO2. The molecule has 3 nitrogen and oxygen atoms in total. The molecule has 2 aromatic carbocycles. The predicted molar refractivity (Wildman–Crippen MR) is 69.1 cm³/mol. The Morgan fingerprint density at radius 1 is 1.22 bits per heavy atom. The van der Waals surface area contributed by atoms with Crippen molar-refractivity contribution in [3.05, 3.63) is 42.2 Å². The third kappa shape index (κ3) is 2.37. The third-order valence-electron chi connectivity index (χ3n) is 2.59. The van der Waals surface area contributed by atoms with Gasteiger partial charge in [0, 0.05) is 5.56 Å². The fraction of sp³-hybridized carbons (Fsp3) is 0.143. The molecule has 0 saturated heterocycles. The van der Waals surface area contributed by atoms with Crippen molar-refractivity contribution in [2.24, 2.45) is 0 Å². The van der Waals surface area contributed by atoms with Gasteiger partial charge in [-0.1, -0.05) is 6.07 Å². The molecule has 0 aliphatic rings. The van der Waals surface area contributed by atoms with Crippen molar-refractivity contribution in [3.63, 3.8) is 0 Å². The van der Waals surface area contributed by atoms with E-state index in [0.29, 0.717) is 23.5 Å². The summed E-state index contributed by atoms with van der Waals surface area (Å²) in [7, 11) is 0. The number of ether oxygens (including phenoxy) is 1. The molecule has 18 heavy (non-hydrogen) atoms. The summed E-state index contributed by atoms with van der Waals surface area (Å²) >= 11 is 0. The first-order valence-corrected chi connectivity index (χ1v) is 5.63. The first-order chi connectivity index (χ1) is 8.61. The molecule has 0 amide bonds. The highest BCUT2D eigenvalue weighted by Crippen LogP contribution is 2.31. The topological polar surface area (TPSA) is 55.5 Å². The normalized spacial score (nSPS) is 10.3. The largest absolute Gasteiger partial charge is 0.506 e. The summed E-state index contributed by atoms with van der Waals surface area (Å²) in [6, 6.07) is 9.14. The molecule has 0 atom stereocenters. The summed E-state index contributed by atoms with van der Waals surface area (Å²) in [4.78, 5) is 0. The van der Waals surface area contributed by atoms with Gasteiger partial charge in [-0.25, -0.2) is 4.39 Å². The van der Waals surface area contributed by atoms with Gasteiger partial charge in [0.05, 0.1) is 12.3 Å². The first-order valence-electron chi connectivity index (χ1n) is 5.63. The standard InChI is InChI=1S/C14H14FNO2/c1-2-18-10-4-5-12(15)11(8-10)9-3-6-13(16)14(17)7-9/h3-8,17H,2,16H2,1H3. The van der Waals surface area contributed by atoms with Crippen LogP contribution in [0.3, 0.4) is 0 Å². The van der Waals surface area contributed by atoms with Crippen LogP contribution in [0.25, 0.3) is 11.1 Å². The van der Waals surface area contributed by atoms with Crippen molar-refractivity contribution >= 4 is 5.69 Å². The van der Waals surface area contributed by atoms with Crippen molar-refractivity contribution in [2.75, 3.05) is 12.3 Å². The zero-order valence-corrected chi connectivity index (χ0v) is 9.98. The lowest BCUT2D eigenvalue weighted by Gasteiger charge is -2.09. The van der Waals surface area contributed by atoms with Gasteiger partial charge in [0.25, 0.3) is 0 Å². The van der Waals surface area contributed by atoms with Gasteiger partial charge >= 0.3 is 0 Å². The number of phenolic OH excluding ortho intramolecular Hbond substituents is 1. The van der Waals surface area contributed by atoms with E-state index >= 15 is 0 Å². The van der Waals surface area contributed by atoms with Crippen molar-refractivity contribution in [1.82, 2.24) is 0 Å². The number of rotatable bonds is 3. The molecule has 0 aromatic heterocycles. The molecule has 0 aliphatic heterocycles. The molecule has 0 aliphatic carbocycles. The summed E-state index contributed by atoms with van der Waals surface area (Å²) in [6.45, 7) is 2.37. The summed E-state index contributed by atoms with van der Waals surface area (Å²) in [5.74, 6) is 0.154. The van der Waals surface area contributed by atoms with Gasteiger partial charge in [-0.05, 0) is 42.8 Å². The van der Waals surface area contributed by atoms with Crippen molar-refractivity contribution < 1.29 is 14.2 Å². The molecule has 4 heteroatoms. The molecule has 0 unspecified atom stereocenters. The van der Waals surface area contributed by atoms with Crippen LogP contribution in [0, 0.1) is 5.82 Å². The molecule has 0 spiro atoms. The van der Waals surface area contributed by atoms with Crippen LogP contribution in [0.2, 0.25) is 0 Å². The van der Waals surface area contributed by atoms with Crippen LogP contribution < -0.4 is 10.5 Å². The Kier molecular flexibility index (Phi) is 3.37. The van der Waals surface area contributed by atoms with E-state index in [2.05, 4.69) is 0 Å². The first kappa shape index (κ1) is 12.2. The van der Waals surface area contributed by atoms with Crippen LogP contribution in [-0.2, 0) is 0 Å². The second kappa shape index (κ2) is 4.96. The summed E-state index contributed by atoms with van der Waals surface area (Å²) in [6.07, 6.45) is 0. The van der Waals surface area contributed by atoms with Crippen LogP contribution in [0.4, 0.5) is 10.1 Å². The molecule has 2 rings (SSSR count). The second-order valence-corrected chi connectivity index (χ2v) is 3.85. The number of nitrogens with two attached hydrogens (primary N) is 1. The molecule has 3 N–H and O–H groups in total. The van der Waals surface area contributed by atoms with E-state index in [9.17, 15) is 9.50 Å². The molecule has 0 heterocycles. The maximum absolute atomic E-state index is 13.8. The number of aromatic hydroxyl groups is 1. The molecular weight excluding hydrogens is 233 g/mol. The Morgan fingerprint density at radius 3 is 2.67 bits per heavy atom. The lowest BCUT2D eigenvalue weighted by Crippen LogP contribution is -1.93. The summed E-state index contributed by atoms with van der Waals surface area (Å²) < 4.78 is 19.1. The number of hydrogen-bond donors (Lipinski definition) is 2. The Balaban J connectivity index is 2.48. The van der Waals surface area contributed by atoms with E-state index in [1.807, 2.05) is 6.92 Å². The Labute approximate surface area is 105 Å². The Hall–Kier alpha value is -2.23. The van der Waals surface area contributed by atoms with Crippen LogP contribution in [0.15, 0.2) is 36.4 Å². The highest BCUT2D eigenvalue weighted by atomic mass is 19.1. The van der Waals surface area contributed by atoms with E-state index in [-0.39, 0.29) is 17.3 Å². The second-order valence-electron chi connectivity index (χ2n) is 3.85. The Morgan fingerprint density at radius 2 is 2.00 bits per heavy atom. The van der Waals surface area contributed by atoms with Gasteiger partial charge in [0.1, 0.15) is 17.3 Å². The van der Waals surface area contributed by atoms with E-state index in [4.69, 9.17) is 10.5 Å². The zero-order valence-electron chi connectivity index (χ0n) is 9.98. The SMILES string of the molecule is CCOc1ccc(F)c(-c2ccc(N)c(O)c2)c1. The highest BCUT2D eigenvalue weighted by Gasteiger charge is 2.08. The van der Waals surface area contributed by atoms with Gasteiger partial charge in [0.2, 0.25) is 0 Å². The summed E-state index contributed by atoms with van der Waals surface area (Å²) in [5, 5.41) is 9.55. The average Bonchev–Trinajstić information content (AvgIpc) is 2.35. The van der Waals surface area contributed by atoms with Gasteiger partial charge in [-0.15, -0.1) is 0 Å². The fourth-order valence-electron chi connectivity index (χ4n) is 1.69. The van der Waals surface area contributed by atoms with Crippen molar-refractivity contribution in [3.8, 4) is 22.6 Å². The molecule has 2 aromatic rings. The van der Waals surface area contributed by atoms with Crippen molar-refractivity contribution in [2.45, 2.75) is 6.92 Å². The van der Waals surface area contributed by atoms with Crippen LogP contribution in [0.5, 0.6) is 11.5 Å². The lowest BCUT2D eigenvalue weighted by molar-refractivity contribution is 0.340. The smallest absolute Gasteiger partial charge is 0.139 e. The minimum Gasteiger partial charge on any atom is -0.506 e. The van der Waals surface area contributed by atoms with Crippen LogP contribution in [0.1, 0.15) is 6.92 Å². The molecule has 94 valence electrons. The predicted octanol–water partition coefficient (Wildman–Crippen LogP) is 3.18. The zero-order chi connectivity index (χ0) is 13.1. The monoisotopic (exact) mass is 247 g/mol. The van der Waals surface area contributed by atoms with Crippen LogP contribution >= 0.6 is 0 Å². The Bertz CT molecular complexity index is 570. The molecule has 0 radical (unpaired) electrons. The minimum atomic E-state index is -0.373. The average molecular weight is 247 g/mol. The van der Waals surface area contributed by atoms with Gasteiger partial charge in [-0.3, -0.25) is 0 Å². The van der Waals surface area contributed by atoms with E-state index in [0.717, 1.165) is 0 Å².